The Morgan fingerprint density at radius 3 is 2.33 bits per heavy atom. The van der Waals surface area contributed by atoms with Crippen molar-refractivity contribution in [3.05, 3.63) is 88.0 Å². The van der Waals surface area contributed by atoms with Crippen molar-refractivity contribution in [2.45, 2.75) is 64.5 Å². The molecule has 1 atom stereocenters. The molecule has 0 aromatic heterocycles. The number of hydrogen-bond acceptors (Lipinski definition) is 1. The Bertz CT molecular complexity index is 1190. The molecular formula is C29H36Cl2OTi. The van der Waals surface area contributed by atoms with Crippen LogP contribution in [0.3, 0.4) is 0 Å². The van der Waals surface area contributed by atoms with Crippen LogP contribution in [-0.4, -0.2) is 3.81 Å². The van der Waals surface area contributed by atoms with Gasteiger partial charge in [-0.3, -0.25) is 0 Å². The second-order valence-electron chi connectivity index (χ2n) is 10.5. The van der Waals surface area contributed by atoms with E-state index in [1.807, 2.05) is 0 Å². The summed E-state index contributed by atoms with van der Waals surface area (Å²) in [5.74, 6) is 1.03. The van der Waals surface area contributed by atoms with Crippen LogP contribution in [-0.2, 0) is 23.2 Å². The van der Waals surface area contributed by atoms with Crippen LogP contribution in [0.4, 0.5) is 0 Å². The normalized spacial score (nSPS) is 18.2. The van der Waals surface area contributed by atoms with Gasteiger partial charge in [0.15, 0.2) is 0 Å². The summed E-state index contributed by atoms with van der Waals surface area (Å²) >= 11 is -2.18. The molecule has 2 aromatic rings. The van der Waals surface area contributed by atoms with E-state index in [9.17, 15) is 0 Å². The molecule has 0 saturated heterocycles. The minimum Gasteiger partial charge on any atom is -0.147 e. The standard InChI is InChI=1S/C15H13.C11H16O.C3H6.2ClH.Ti/c1-10-5-3-7-12-13-8-4-6-11(2)15(13)9-14(10)12;1-8-5-9(11(2,3)4)7-10(12)6-8;1-3-2;;;/h3-9H,1-2H3;5-7,12H,1-4H3;1-2H3;2*1H;/q;;;;;+1/p-1. The molecule has 1 nitrogen and oxygen atoms in total. The Hall–Kier alpha value is -1.38. The Kier molecular flexibility index (Phi) is 8.52. The van der Waals surface area contributed by atoms with Gasteiger partial charge in [0.05, 0.1) is 0 Å². The van der Waals surface area contributed by atoms with Gasteiger partial charge >= 0.3 is 195 Å². The van der Waals surface area contributed by atoms with E-state index in [2.05, 4.69) is 116 Å². The van der Waals surface area contributed by atoms with Gasteiger partial charge in [0, 0.05) is 0 Å². The third-order valence-corrected chi connectivity index (χ3v) is 10.8. The van der Waals surface area contributed by atoms with Crippen molar-refractivity contribution in [2.24, 2.45) is 0 Å². The summed E-state index contributed by atoms with van der Waals surface area (Å²) in [6.07, 6.45) is 9.35. The number of benzene rings is 2. The predicted molar refractivity (Wildman–Crippen MR) is 146 cm³/mol. The van der Waals surface area contributed by atoms with Gasteiger partial charge in [0.25, 0.3) is 0 Å². The smallest absolute Gasteiger partial charge is 0.147 e. The van der Waals surface area contributed by atoms with Crippen molar-refractivity contribution in [3.8, 4) is 5.75 Å². The summed E-state index contributed by atoms with van der Waals surface area (Å²) in [4.78, 5) is 0. The minimum absolute atomic E-state index is 0. The molecule has 0 bridgehead atoms. The van der Waals surface area contributed by atoms with Gasteiger partial charge in [-0.05, 0) is 0 Å². The first-order valence-electron chi connectivity index (χ1n) is 11.2. The average molecular weight is 519 g/mol. The molecule has 33 heavy (non-hydrogen) atoms. The quantitative estimate of drug-likeness (QED) is 0.369. The molecular weight excluding hydrogens is 483 g/mol. The van der Waals surface area contributed by atoms with E-state index in [1.54, 1.807) is 0 Å². The fraction of sp³-hybridized carbons (Fsp3) is 0.345. The number of halogens is 2. The van der Waals surface area contributed by atoms with Crippen LogP contribution in [0.2, 0.25) is 3.72 Å². The van der Waals surface area contributed by atoms with Crippen molar-refractivity contribution in [2.75, 3.05) is 0 Å². The van der Waals surface area contributed by atoms with Gasteiger partial charge in [0.1, 0.15) is 0 Å². The molecule has 2 aromatic carbocycles. The van der Waals surface area contributed by atoms with Gasteiger partial charge < -0.3 is 0 Å². The van der Waals surface area contributed by atoms with E-state index in [4.69, 9.17) is 3.32 Å². The van der Waals surface area contributed by atoms with E-state index >= 15 is 0 Å². The number of fused-ring (bicyclic) bond motifs is 3. The van der Waals surface area contributed by atoms with Crippen molar-refractivity contribution >= 4 is 40.3 Å². The van der Waals surface area contributed by atoms with Crippen molar-refractivity contribution in [1.82, 2.24) is 0 Å². The zero-order valence-electron chi connectivity index (χ0n) is 21.0. The van der Waals surface area contributed by atoms with Crippen LogP contribution >= 0.6 is 24.8 Å². The molecule has 0 saturated carbocycles. The van der Waals surface area contributed by atoms with Crippen LogP contribution in [0.1, 0.15) is 69.4 Å². The van der Waals surface area contributed by atoms with Crippen molar-refractivity contribution in [1.29, 1.82) is 0 Å². The van der Waals surface area contributed by atoms with Crippen LogP contribution < -0.4 is 3.32 Å². The third-order valence-electron chi connectivity index (χ3n) is 6.51. The molecule has 4 heteroatoms. The van der Waals surface area contributed by atoms with E-state index in [0.29, 0.717) is 0 Å². The van der Waals surface area contributed by atoms with Crippen molar-refractivity contribution < 1.29 is 21.1 Å². The van der Waals surface area contributed by atoms with Crippen molar-refractivity contribution in [3.63, 3.8) is 0 Å². The monoisotopic (exact) mass is 518 g/mol. The first-order chi connectivity index (χ1) is 14.5. The summed E-state index contributed by atoms with van der Waals surface area (Å²) in [6, 6.07) is 13.4. The number of hydrogen-bond donors (Lipinski definition) is 0. The topological polar surface area (TPSA) is 9.23 Å². The summed E-state index contributed by atoms with van der Waals surface area (Å²) in [5, 5.41) is 0. The fourth-order valence-electron chi connectivity index (χ4n) is 4.79. The van der Waals surface area contributed by atoms with Gasteiger partial charge in [0.2, 0.25) is 0 Å². The maximum atomic E-state index is 6.98. The maximum absolute atomic E-state index is 6.98. The molecule has 0 heterocycles. The van der Waals surface area contributed by atoms with E-state index in [-0.39, 0.29) is 33.9 Å². The first-order valence-corrected chi connectivity index (χ1v) is 13.4. The molecule has 176 valence electrons. The molecule has 0 fully saturated rings. The molecule has 2 aliphatic carbocycles. The van der Waals surface area contributed by atoms with E-state index in [0.717, 1.165) is 5.75 Å². The molecule has 0 radical (unpaired) electrons. The zero-order valence-corrected chi connectivity index (χ0v) is 24.2. The summed E-state index contributed by atoms with van der Waals surface area (Å²) < 4.78 is 8.36. The minimum atomic E-state index is -2.18. The zero-order chi connectivity index (χ0) is 22.6. The Morgan fingerprint density at radius 2 is 1.70 bits per heavy atom. The first kappa shape index (κ1) is 27.9. The van der Waals surface area contributed by atoms with Gasteiger partial charge in [-0.25, -0.2) is 0 Å². The summed E-state index contributed by atoms with van der Waals surface area (Å²) in [6.45, 7) is 18.1. The molecule has 0 amide bonds. The van der Waals surface area contributed by atoms with Crippen LogP contribution in [0.5, 0.6) is 5.75 Å². The second-order valence-corrected chi connectivity index (χ2v) is 15.0. The number of allylic oxidation sites excluding steroid dienone is 5. The number of aryl methyl sites for hydroxylation is 2. The summed E-state index contributed by atoms with van der Waals surface area (Å²) in [5.41, 5.74) is 9.59. The number of rotatable bonds is 3. The molecule has 2 aliphatic rings. The second kappa shape index (κ2) is 10.1. The Morgan fingerprint density at radius 1 is 1.00 bits per heavy atom. The molecule has 1 unspecified atom stereocenters. The molecule has 4 rings (SSSR count). The molecule has 0 aliphatic heterocycles. The fourth-order valence-corrected chi connectivity index (χ4v) is 8.71. The van der Waals surface area contributed by atoms with Gasteiger partial charge in [-0.2, -0.15) is 0 Å². The largest absolute Gasteiger partial charge is 0.147 e. The SMILES string of the molecule is C[C](C)=[Ti]([O]c1cc(C)cc(C(C)(C)C)c1)[C]1(C)C=CC=C2C1=Cc1c(C)cccc12.Cl.Cl. The van der Waals surface area contributed by atoms with Gasteiger partial charge in [-0.1, -0.05) is 0 Å². The van der Waals surface area contributed by atoms with Crippen LogP contribution in [0.25, 0.3) is 11.6 Å². The van der Waals surface area contributed by atoms with E-state index in [1.165, 1.54) is 42.8 Å². The summed E-state index contributed by atoms with van der Waals surface area (Å²) in [7, 11) is 0. The average Bonchev–Trinajstić information content (AvgIpc) is 3.07. The van der Waals surface area contributed by atoms with Gasteiger partial charge in [-0.15, -0.1) is 24.8 Å². The predicted octanol–water partition coefficient (Wildman–Crippen LogP) is 8.80. The van der Waals surface area contributed by atoms with Crippen LogP contribution in [0, 0.1) is 13.8 Å². The Balaban J connectivity index is 0.00000193. The maximum Gasteiger partial charge on any atom is -0.147 e. The third kappa shape index (κ3) is 5.18. The molecule has 0 spiro atoms. The van der Waals surface area contributed by atoms with E-state index < -0.39 is 17.8 Å². The molecule has 0 N–H and O–H groups in total. The van der Waals surface area contributed by atoms with Crippen LogP contribution in [0.15, 0.2) is 60.2 Å². The Labute approximate surface area is 218 Å².